The van der Waals surface area contributed by atoms with E-state index in [4.69, 9.17) is 4.74 Å². The first-order valence-corrected chi connectivity index (χ1v) is 12.0. The van der Waals surface area contributed by atoms with Crippen molar-refractivity contribution in [3.8, 4) is 0 Å². The summed E-state index contributed by atoms with van der Waals surface area (Å²) in [7, 11) is -3.71. The van der Waals surface area contributed by atoms with Crippen LogP contribution in [0.4, 0.5) is 5.69 Å². The molecule has 1 unspecified atom stereocenters. The first kappa shape index (κ1) is 22.2. The van der Waals surface area contributed by atoms with Gasteiger partial charge in [0.25, 0.3) is 10.2 Å². The number of rotatable bonds is 7. The van der Waals surface area contributed by atoms with Crippen molar-refractivity contribution in [1.82, 2.24) is 8.61 Å². The predicted octanol–water partition coefficient (Wildman–Crippen LogP) is 2.84. The van der Waals surface area contributed by atoms with Gasteiger partial charge in [0.15, 0.2) is 0 Å². The summed E-state index contributed by atoms with van der Waals surface area (Å²) in [6, 6.07) is 5.71. The average molecular weight is 424 g/mol. The number of carbonyl (C=O) groups is 1. The normalized spacial score (nSPS) is 21.3. The summed E-state index contributed by atoms with van der Waals surface area (Å²) in [5.41, 5.74) is 2.79. The molecule has 2 fully saturated rings. The van der Waals surface area contributed by atoms with Gasteiger partial charge in [-0.2, -0.15) is 17.0 Å². The molecule has 2 saturated heterocycles. The minimum atomic E-state index is -3.71. The zero-order chi connectivity index (χ0) is 20.9. The van der Waals surface area contributed by atoms with Gasteiger partial charge in [0.1, 0.15) is 0 Å². The number of nitrogens with zero attached hydrogens (tertiary/aromatic N) is 2. The molecule has 2 aliphatic rings. The Labute approximate surface area is 174 Å². The Morgan fingerprint density at radius 3 is 2.55 bits per heavy atom. The number of amides is 1. The first-order chi connectivity index (χ1) is 13.9. The van der Waals surface area contributed by atoms with Crippen LogP contribution in [0, 0.1) is 13.8 Å². The van der Waals surface area contributed by atoms with Gasteiger partial charge in [-0.3, -0.25) is 4.79 Å². The quantitative estimate of drug-likeness (QED) is 0.731. The molecule has 3 rings (SSSR count). The van der Waals surface area contributed by atoms with Crippen LogP contribution in [0.25, 0.3) is 0 Å². The van der Waals surface area contributed by atoms with Crippen LogP contribution in [0.1, 0.15) is 49.7 Å². The lowest BCUT2D eigenvalue weighted by atomic mass is 10.1. The van der Waals surface area contributed by atoms with E-state index in [9.17, 15) is 13.2 Å². The van der Waals surface area contributed by atoms with E-state index in [0.717, 1.165) is 55.3 Å². The van der Waals surface area contributed by atoms with E-state index in [1.54, 1.807) is 4.31 Å². The second-order valence-electron chi connectivity index (χ2n) is 8.04. The Hall–Kier alpha value is -1.48. The number of nitrogens with one attached hydrogen (secondary N) is 1. The lowest BCUT2D eigenvalue weighted by Crippen LogP contribution is -2.49. The molecule has 29 heavy (non-hydrogen) atoms. The monoisotopic (exact) mass is 423 g/mol. The molecule has 1 amide bonds. The van der Waals surface area contributed by atoms with Crippen molar-refractivity contribution in [3.63, 3.8) is 0 Å². The fourth-order valence-corrected chi connectivity index (χ4v) is 5.61. The third-order valence-corrected chi connectivity index (χ3v) is 7.80. The standard InChI is InChI=1S/C21H33N3O4S/c1-17-9-7-11-20(18(17)2)22-21(25)16-24(15-19-10-8-14-28-19)29(26,27)23-12-5-3-4-6-13-23/h7,9,11,19H,3-6,8,10,12-16H2,1-2H3,(H,22,25). The molecule has 2 heterocycles. The number of carbonyl (C=O) groups excluding carboxylic acids is 1. The summed E-state index contributed by atoms with van der Waals surface area (Å²) >= 11 is 0. The van der Waals surface area contributed by atoms with Crippen LogP contribution in [0.3, 0.4) is 0 Å². The Morgan fingerprint density at radius 2 is 1.90 bits per heavy atom. The van der Waals surface area contributed by atoms with Gasteiger partial charge in [-0.25, -0.2) is 0 Å². The maximum absolute atomic E-state index is 13.4. The lowest BCUT2D eigenvalue weighted by Gasteiger charge is -2.30. The summed E-state index contributed by atoms with van der Waals surface area (Å²) in [6.45, 7) is 5.63. The second kappa shape index (κ2) is 10.0. The summed E-state index contributed by atoms with van der Waals surface area (Å²) in [6.07, 6.45) is 5.42. The summed E-state index contributed by atoms with van der Waals surface area (Å²) in [5, 5.41) is 2.89. The summed E-state index contributed by atoms with van der Waals surface area (Å²) in [5.74, 6) is -0.324. The number of benzene rings is 1. The van der Waals surface area contributed by atoms with Crippen molar-refractivity contribution in [1.29, 1.82) is 0 Å². The number of hydrogen-bond donors (Lipinski definition) is 1. The van der Waals surface area contributed by atoms with Gasteiger partial charge in [-0.1, -0.05) is 25.0 Å². The van der Waals surface area contributed by atoms with E-state index >= 15 is 0 Å². The molecule has 0 saturated carbocycles. The molecule has 7 nitrogen and oxygen atoms in total. The van der Waals surface area contributed by atoms with Crippen LogP contribution >= 0.6 is 0 Å². The highest BCUT2D eigenvalue weighted by Crippen LogP contribution is 2.21. The highest BCUT2D eigenvalue weighted by molar-refractivity contribution is 7.86. The highest BCUT2D eigenvalue weighted by atomic mass is 32.2. The van der Waals surface area contributed by atoms with Gasteiger partial charge < -0.3 is 10.1 Å². The first-order valence-electron chi connectivity index (χ1n) is 10.6. The van der Waals surface area contributed by atoms with Crippen molar-refractivity contribution in [2.45, 2.75) is 58.5 Å². The number of hydrogen-bond acceptors (Lipinski definition) is 4. The fourth-order valence-electron chi connectivity index (χ4n) is 3.93. The van der Waals surface area contributed by atoms with E-state index in [1.165, 1.54) is 4.31 Å². The van der Waals surface area contributed by atoms with Crippen LogP contribution in [0.15, 0.2) is 18.2 Å². The zero-order valence-corrected chi connectivity index (χ0v) is 18.3. The predicted molar refractivity (Wildman–Crippen MR) is 114 cm³/mol. The lowest BCUT2D eigenvalue weighted by molar-refractivity contribution is -0.116. The Morgan fingerprint density at radius 1 is 1.17 bits per heavy atom. The maximum atomic E-state index is 13.4. The summed E-state index contributed by atoms with van der Waals surface area (Å²) in [4.78, 5) is 12.8. The molecule has 8 heteroatoms. The Kier molecular flexibility index (Phi) is 7.67. The minimum Gasteiger partial charge on any atom is -0.377 e. The van der Waals surface area contributed by atoms with Crippen LogP contribution in [0.2, 0.25) is 0 Å². The van der Waals surface area contributed by atoms with E-state index < -0.39 is 10.2 Å². The third-order valence-electron chi connectivity index (χ3n) is 5.85. The Balaban J connectivity index is 1.75. The van der Waals surface area contributed by atoms with Gasteiger partial charge in [-0.05, 0) is 56.7 Å². The van der Waals surface area contributed by atoms with Gasteiger partial charge in [0, 0.05) is 31.9 Å². The molecule has 0 aromatic heterocycles. The zero-order valence-electron chi connectivity index (χ0n) is 17.5. The van der Waals surface area contributed by atoms with Crippen molar-refractivity contribution in [3.05, 3.63) is 29.3 Å². The third kappa shape index (κ3) is 5.78. The largest absolute Gasteiger partial charge is 0.377 e. The minimum absolute atomic E-state index is 0.148. The molecule has 1 atom stereocenters. The maximum Gasteiger partial charge on any atom is 0.282 e. The molecule has 0 radical (unpaired) electrons. The molecule has 1 N–H and O–H groups in total. The molecule has 0 aliphatic carbocycles. The SMILES string of the molecule is Cc1cccc(NC(=O)CN(CC2CCCO2)S(=O)(=O)N2CCCCCC2)c1C. The topological polar surface area (TPSA) is 79.0 Å². The van der Waals surface area contributed by atoms with Crippen molar-refractivity contribution in [2.75, 3.05) is 38.1 Å². The van der Waals surface area contributed by atoms with Crippen molar-refractivity contribution >= 4 is 21.8 Å². The molecule has 2 aliphatic heterocycles. The molecule has 1 aromatic rings. The van der Waals surface area contributed by atoms with Gasteiger partial charge >= 0.3 is 0 Å². The summed E-state index contributed by atoms with van der Waals surface area (Å²) < 4.78 is 35.2. The highest BCUT2D eigenvalue weighted by Gasteiger charge is 2.34. The fraction of sp³-hybridized carbons (Fsp3) is 0.667. The molecule has 1 aromatic carbocycles. The molecule has 0 spiro atoms. The number of ether oxygens (including phenoxy) is 1. The molecule has 162 valence electrons. The van der Waals surface area contributed by atoms with E-state index in [1.807, 2.05) is 32.0 Å². The number of aryl methyl sites for hydroxylation is 1. The van der Waals surface area contributed by atoms with Gasteiger partial charge in [0.2, 0.25) is 5.91 Å². The van der Waals surface area contributed by atoms with Crippen LogP contribution < -0.4 is 5.32 Å². The van der Waals surface area contributed by atoms with Crippen LogP contribution in [0.5, 0.6) is 0 Å². The van der Waals surface area contributed by atoms with Crippen LogP contribution in [-0.4, -0.2) is 61.8 Å². The van der Waals surface area contributed by atoms with Gasteiger partial charge in [-0.15, -0.1) is 0 Å². The van der Waals surface area contributed by atoms with E-state index in [2.05, 4.69) is 5.32 Å². The van der Waals surface area contributed by atoms with Crippen molar-refractivity contribution < 1.29 is 17.9 Å². The van der Waals surface area contributed by atoms with Crippen LogP contribution in [-0.2, 0) is 19.7 Å². The molecular weight excluding hydrogens is 390 g/mol. The van der Waals surface area contributed by atoms with Crippen molar-refractivity contribution in [2.24, 2.45) is 0 Å². The Bertz CT molecular complexity index is 798. The molecular formula is C21H33N3O4S. The number of anilines is 1. The second-order valence-corrected chi connectivity index (χ2v) is 9.97. The van der Waals surface area contributed by atoms with Gasteiger partial charge in [0.05, 0.1) is 12.6 Å². The average Bonchev–Trinajstić information content (AvgIpc) is 3.03. The molecule has 0 bridgehead atoms. The van der Waals surface area contributed by atoms with E-state index in [0.29, 0.717) is 19.7 Å². The van der Waals surface area contributed by atoms with E-state index in [-0.39, 0.29) is 25.1 Å². The smallest absolute Gasteiger partial charge is 0.282 e.